The van der Waals surface area contributed by atoms with Gasteiger partial charge in [0, 0.05) is 25.3 Å². The Morgan fingerprint density at radius 3 is 2.44 bits per heavy atom. The number of aliphatic hydroxyl groups excluding tert-OH is 1. The van der Waals surface area contributed by atoms with Gasteiger partial charge in [-0.1, -0.05) is 11.6 Å². The largest absolute Gasteiger partial charge is 0.495 e. The van der Waals surface area contributed by atoms with Crippen molar-refractivity contribution >= 4 is 17.3 Å². The van der Waals surface area contributed by atoms with Crippen LogP contribution in [0.15, 0.2) is 12.1 Å². The van der Waals surface area contributed by atoms with E-state index in [1.165, 1.54) is 0 Å². The van der Waals surface area contributed by atoms with Gasteiger partial charge in [0.15, 0.2) is 0 Å². The predicted molar refractivity (Wildman–Crippen MR) is 74.0 cm³/mol. The molecule has 0 aliphatic carbocycles. The summed E-state index contributed by atoms with van der Waals surface area (Å²) in [4.78, 5) is 0. The zero-order chi connectivity index (χ0) is 13.4. The third-order valence-electron chi connectivity index (χ3n) is 2.62. The van der Waals surface area contributed by atoms with Crippen LogP contribution in [0.4, 0.5) is 5.69 Å². The number of aliphatic hydroxyl groups is 1. The maximum Gasteiger partial charge on any atom is 0.143 e. The van der Waals surface area contributed by atoms with Gasteiger partial charge in [-0.25, -0.2) is 0 Å². The van der Waals surface area contributed by atoms with Crippen LogP contribution in [0, 0.1) is 0 Å². The third-order valence-corrected chi connectivity index (χ3v) is 2.92. The maximum atomic E-state index is 8.69. The van der Waals surface area contributed by atoms with E-state index in [1.807, 2.05) is 6.07 Å². The smallest absolute Gasteiger partial charge is 0.143 e. The topological polar surface area (TPSA) is 50.7 Å². The molecule has 0 aromatic heterocycles. The van der Waals surface area contributed by atoms with Crippen molar-refractivity contribution in [3.8, 4) is 11.5 Å². The van der Waals surface area contributed by atoms with Crippen LogP contribution in [0.5, 0.6) is 11.5 Å². The molecule has 0 spiro atoms. The number of anilines is 1. The fraction of sp³-hybridized carbons (Fsp3) is 0.538. The summed E-state index contributed by atoms with van der Waals surface area (Å²) in [5.41, 5.74) is 0.864. The van der Waals surface area contributed by atoms with E-state index in [0.29, 0.717) is 16.5 Å². The number of hydrogen-bond donors (Lipinski definition) is 2. The lowest BCUT2D eigenvalue weighted by Crippen LogP contribution is -2.04. The molecule has 0 heterocycles. The minimum absolute atomic E-state index is 0.248. The molecule has 0 aliphatic heterocycles. The van der Waals surface area contributed by atoms with E-state index in [1.54, 1.807) is 20.3 Å². The molecule has 0 unspecified atom stereocenters. The predicted octanol–water partition coefficient (Wildman–Crippen LogP) is 2.93. The Balaban J connectivity index is 2.62. The van der Waals surface area contributed by atoms with Crippen LogP contribution >= 0.6 is 11.6 Å². The van der Waals surface area contributed by atoms with E-state index < -0.39 is 0 Å². The summed E-state index contributed by atoms with van der Waals surface area (Å²) in [6.45, 7) is 1.07. The number of unbranched alkanes of at least 4 members (excludes halogenated alkanes) is 2. The van der Waals surface area contributed by atoms with Gasteiger partial charge in [0.05, 0.1) is 24.9 Å². The number of nitrogens with one attached hydrogen (secondary N) is 1. The summed E-state index contributed by atoms with van der Waals surface area (Å²) in [6, 6.07) is 3.56. The first-order valence-corrected chi connectivity index (χ1v) is 6.37. The molecular formula is C13H20ClNO3. The number of ether oxygens (including phenoxy) is 2. The molecule has 1 rings (SSSR count). The Morgan fingerprint density at radius 1 is 1.11 bits per heavy atom. The van der Waals surface area contributed by atoms with Crippen molar-refractivity contribution in [2.45, 2.75) is 19.3 Å². The van der Waals surface area contributed by atoms with E-state index in [-0.39, 0.29) is 6.61 Å². The highest BCUT2D eigenvalue weighted by Gasteiger charge is 2.09. The van der Waals surface area contributed by atoms with Crippen molar-refractivity contribution in [2.75, 3.05) is 32.7 Å². The first-order chi connectivity index (χ1) is 8.72. The number of halogens is 1. The number of hydrogen-bond acceptors (Lipinski definition) is 4. The Labute approximate surface area is 113 Å². The Hall–Kier alpha value is -1.13. The Morgan fingerprint density at radius 2 is 1.83 bits per heavy atom. The molecule has 0 aliphatic rings. The average Bonchev–Trinajstić information content (AvgIpc) is 2.39. The second-order valence-corrected chi connectivity index (χ2v) is 4.31. The van der Waals surface area contributed by atoms with Gasteiger partial charge in [0.25, 0.3) is 0 Å². The van der Waals surface area contributed by atoms with Gasteiger partial charge in [-0.3, -0.25) is 0 Å². The molecule has 0 bridgehead atoms. The zero-order valence-corrected chi connectivity index (χ0v) is 11.6. The Kier molecular flexibility index (Phi) is 6.68. The van der Waals surface area contributed by atoms with Crippen molar-refractivity contribution in [2.24, 2.45) is 0 Å². The molecule has 18 heavy (non-hydrogen) atoms. The first kappa shape index (κ1) is 14.9. The highest BCUT2D eigenvalue weighted by molar-refractivity contribution is 6.32. The van der Waals surface area contributed by atoms with Crippen molar-refractivity contribution in [1.82, 2.24) is 0 Å². The van der Waals surface area contributed by atoms with E-state index >= 15 is 0 Å². The van der Waals surface area contributed by atoms with E-state index in [0.717, 1.165) is 31.5 Å². The van der Waals surface area contributed by atoms with Crippen molar-refractivity contribution in [1.29, 1.82) is 0 Å². The molecular weight excluding hydrogens is 254 g/mol. The molecule has 0 amide bonds. The van der Waals surface area contributed by atoms with Crippen LogP contribution in [-0.2, 0) is 0 Å². The van der Waals surface area contributed by atoms with Crippen LogP contribution in [0.1, 0.15) is 19.3 Å². The molecule has 2 N–H and O–H groups in total. The van der Waals surface area contributed by atoms with E-state index in [4.69, 9.17) is 26.2 Å². The third kappa shape index (κ3) is 4.27. The average molecular weight is 274 g/mol. The quantitative estimate of drug-likeness (QED) is 0.715. The molecule has 1 aromatic rings. The maximum absolute atomic E-state index is 8.69. The number of benzene rings is 1. The number of rotatable bonds is 8. The van der Waals surface area contributed by atoms with Gasteiger partial charge in [-0.05, 0) is 19.3 Å². The summed E-state index contributed by atoms with van der Waals surface area (Å²) < 4.78 is 10.4. The fourth-order valence-corrected chi connectivity index (χ4v) is 1.87. The minimum atomic E-state index is 0.248. The minimum Gasteiger partial charge on any atom is -0.495 e. The fourth-order valence-electron chi connectivity index (χ4n) is 1.64. The van der Waals surface area contributed by atoms with Crippen LogP contribution in [0.25, 0.3) is 0 Å². The summed E-state index contributed by atoms with van der Waals surface area (Å²) >= 11 is 6.02. The lowest BCUT2D eigenvalue weighted by Gasteiger charge is -2.13. The summed E-state index contributed by atoms with van der Waals surface area (Å²) in [6.07, 6.45) is 2.83. The monoisotopic (exact) mass is 273 g/mol. The highest BCUT2D eigenvalue weighted by atomic mass is 35.5. The number of methoxy groups -OCH3 is 2. The summed E-state index contributed by atoms with van der Waals surface area (Å²) in [7, 11) is 3.19. The van der Waals surface area contributed by atoms with Gasteiger partial charge in [-0.2, -0.15) is 0 Å². The lowest BCUT2D eigenvalue weighted by molar-refractivity contribution is 0.283. The van der Waals surface area contributed by atoms with Gasteiger partial charge in [0.2, 0.25) is 0 Å². The molecule has 0 saturated carbocycles. The molecule has 1 aromatic carbocycles. The molecule has 0 fully saturated rings. The molecule has 0 atom stereocenters. The first-order valence-electron chi connectivity index (χ1n) is 5.99. The van der Waals surface area contributed by atoms with Crippen molar-refractivity contribution < 1.29 is 14.6 Å². The standard InChI is InChI=1S/C13H20ClNO3/c1-17-12-9-11(13(18-2)8-10(12)14)15-6-4-3-5-7-16/h8-9,15-16H,3-7H2,1-2H3. The zero-order valence-electron chi connectivity index (χ0n) is 10.8. The Bertz CT molecular complexity index is 371. The highest BCUT2D eigenvalue weighted by Crippen LogP contribution is 2.35. The van der Waals surface area contributed by atoms with Crippen molar-refractivity contribution in [3.63, 3.8) is 0 Å². The van der Waals surface area contributed by atoms with Gasteiger partial charge < -0.3 is 19.9 Å². The van der Waals surface area contributed by atoms with E-state index in [2.05, 4.69) is 5.32 Å². The summed E-state index contributed by atoms with van der Waals surface area (Å²) in [5.74, 6) is 1.32. The molecule has 5 heteroatoms. The molecule has 0 radical (unpaired) electrons. The van der Waals surface area contributed by atoms with Gasteiger partial charge in [0.1, 0.15) is 11.5 Å². The molecule has 0 saturated heterocycles. The normalized spacial score (nSPS) is 10.2. The van der Waals surface area contributed by atoms with Crippen LogP contribution in [0.2, 0.25) is 5.02 Å². The second-order valence-electron chi connectivity index (χ2n) is 3.90. The second kappa shape index (κ2) is 8.06. The molecule has 4 nitrogen and oxygen atoms in total. The van der Waals surface area contributed by atoms with Crippen LogP contribution < -0.4 is 14.8 Å². The van der Waals surface area contributed by atoms with Crippen LogP contribution in [-0.4, -0.2) is 32.5 Å². The van der Waals surface area contributed by atoms with Crippen LogP contribution in [0.3, 0.4) is 0 Å². The van der Waals surface area contributed by atoms with E-state index in [9.17, 15) is 0 Å². The van der Waals surface area contributed by atoms with Gasteiger partial charge in [-0.15, -0.1) is 0 Å². The lowest BCUT2D eigenvalue weighted by atomic mass is 10.2. The van der Waals surface area contributed by atoms with Crippen molar-refractivity contribution in [3.05, 3.63) is 17.2 Å². The SMILES string of the molecule is COc1cc(NCCCCCO)c(OC)cc1Cl. The molecule has 102 valence electrons. The van der Waals surface area contributed by atoms with Gasteiger partial charge >= 0.3 is 0 Å². The summed E-state index contributed by atoms with van der Waals surface area (Å²) in [5, 5.41) is 12.5.